The summed E-state index contributed by atoms with van der Waals surface area (Å²) in [5.41, 5.74) is 0.271. The van der Waals surface area contributed by atoms with E-state index in [0.717, 1.165) is 18.3 Å². The minimum Gasteiger partial charge on any atom is -0.483 e. The van der Waals surface area contributed by atoms with Crippen LogP contribution >= 0.6 is 0 Å². The third kappa shape index (κ3) is 3.05. The highest BCUT2D eigenvalue weighted by atomic mass is 19.1. The van der Waals surface area contributed by atoms with Gasteiger partial charge in [-0.1, -0.05) is 0 Å². The van der Waals surface area contributed by atoms with Gasteiger partial charge in [-0.2, -0.15) is 0 Å². The molecule has 0 radical (unpaired) electrons. The Labute approximate surface area is 112 Å². The molecule has 1 N–H and O–H groups in total. The van der Waals surface area contributed by atoms with Crippen molar-refractivity contribution in [1.29, 1.82) is 0 Å². The lowest BCUT2D eigenvalue weighted by molar-refractivity contribution is 0.0695. The Balaban J connectivity index is 2.11. The molecule has 2 aromatic rings. The van der Waals surface area contributed by atoms with Gasteiger partial charge in [-0.25, -0.2) is 23.5 Å². The predicted molar refractivity (Wildman–Crippen MR) is 64.4 cm³/mol. The number of aryl methyl sites for hydroxylation is 1. The number of carbonyl (C=O) groups is 1. The van der Waals surface area contributed by atoms with Crippen LogP contribution in [0.2, 0.25) is 0 Å². The first-order chi connectivity index (χ1) is 9.47. The quantitative estimate of drug-likeness (QED) is 0.930. The summed E-state index contributed by atoms with van der Waals surface area (Å²) >= 11 is 0. The SMILES string of the molecule is Cc1nc(COc2ccc(F)cc2F)ncc1C(=O)O. The fourth-order valence-corrected chi connectivity index (χ4v) is 1.53. The number of aromatic carboxylic acids is 1. The van der Waals surface area contributed by atoms with Crippen molar-refractivity contribution in [1.82, 2.24) is 9.97 Å². The minimum atomic E-state index is -1.13. The Kier molecular flexibility index (Phi) is 3.88. The average molecular weight is 280 g/mol. The molecule has 0 spiro atoms. The van der Waals surface area contributed by atoms with E-state index in [4.69, 9.17) is 9.84 Å². The summed E-state index contributed by atoms with van der Waals surface area (Å²) in [6.45, 7) is 1.37. The Morgan fingerprint density at radius 3 is 2.75 bits per heavy atom. The van der Waals surface area contributed by atoms with Crippen molar-refractivity contribution in [3.05, 3.63) is 53.1 Å². The molecule has 104 valence electrons. The average Bonchev–Trinajstić information content (AvgIpc) is 2.37. The molecule has 7 heteroatoms. The number of rotatable bonds is 4. The molecule has 0 aliphatic rings. The van der Waals surface area contributed by atoms with E-state index in [2.05, 4.69) is 9.97 Å². The van der Waals surface area contributed by atoms with Crippen LogP contribution in [0, 0.1) is 18.6 Å². The van der Waals surface area contributed by atoms with Crippen molar-refractivity contribution < 1.29 is 23.4 Å². The lowest BCUT2D eigenvalue weighted by Gasteiger charge is -2.07. The fraction of sp³-hybridized carbons (Fsp3) is 0.154. The van der Waals surface area contributed by atoms with E-state index >= 15 is 0 Å². The number of ether oxygens (including phenoxy) is 1. The number of carboxylic acid groups (broad SMARTS) is 1. The molecule has 0 aliphatic carbocycles. The van der Waals surface area contributed by atoms with Gasteiger partial charge >= 0.3 is 5.97 Å². The van der Waals surface area contributed by atoms with Crippen molar-refractivity contribution in [2.45, 2.75) is 13.5 Å². The molecule has 5 nitrogen and oxygen atoms in total. The van der Waals surface area contributed by atoms with Gasteiger partial charge in [0.25, 0.3) is 0 Å². The monoisotopic (exact) mass is 280 g/mol. The first kappa shape index (κ1) is 13.9. The van der Waals surface area contributed by atoms with Gasteiger partial charge in [0.1, 0.15) is 12.4 Å². The van der Waals surface area contributed by atoms with Gasteiger partial charge in [-0.15, -0.1) is 0 Å². The van der Waals surface area contributed by atoms with Crippen LogP contribution in [-0.4, -0.2) is 21.0 Å². The van der Waals surface area contributed by atoms with Crippen molar-refractivity contribution >= 4 is 5.97 Å². The molecule has 0 amide bonds. The molecule has 0 bridgehead atoms. The van der Waals surface area contributed by atoms with Crippen LogP contribution in [0.3, 0.4) is 0 Å². The molecule has 0 aliphatic heterocycles. The van der Waals surface area contributed by atoms with Crippen molar-refractivity contribution in [2.75, 3.05) is 0 Å². The number of halogens is 2. The van der Waals surface area contributed by atoms with Crippen LogP contribution in [-0.2, 0) is 6.61 Å². The molecule has 0 saturated heterocycles. The first-order valence-corrected chi connectivity index (χ1v) is 5.61. The molecule has 2 rings (SSSR count). The molecule has 0 saturated carbocycles. The Morgan fingerprint density at radius 1 is 1.40 bits per heavy atom. The number of aromatic nitrogens is 2. The van der Waals surface area contributed by atoms with Gasteiger partial charge in [-0.05, 0) is 19.1 Å². The normalized spacial score (nSPS) is 10.3. The summed E-state index contributed by atoms with van der Waals surface area (Å²) in [7, 11) is 0. The summed E-state index contributed by atoms with van der Waals surface area (Å²) in [5.74, 6) is -2.58. The molecular formula is C13H10F2N2O3. The Hall–Kier alpha value is -2.57. The standard InChI is InChI=1S/C13H10F2N2O3/c1-7-9(13(18)19)5-16-12(17-7)6-20-11-3-2-8(14)4-10(11)15/h2-5H,6H2,1H3,(H,18,19). The van der Waals surface area contributed by atoms with Crippen molar-refractivity contribution in [3.8, 4) is 5.75 Å². The molecule has 1 aromatic carbocycles. The topological polar surface area (TPSA) is 72.3 Å². The van der Waals surface area contributed by atoms with E-state index < -0.39 is 17.6 Å². The second-order valence-electron chi connectivity index (χ2n) is 3.95. The number of nitrogens with zero attached hydrogens (tertiary/aromatic N) is 2. The van der Waals surface area contributed by atoms with Crippen LogP contribution < -0.4 is 4.74 Å². The highest BCUT2D eigenvalue weighted by Gasteiger charge is 2.11. The fourth-order valence-electron chi connectivity index (χ4n) is 1.53. The maximum atomic E-state index is 13.3. The maximum Gasteiger partial charge on any atom is 0.339 e. The molecule has 1 aromatic heterocycles. The first-order valence-electron chi connectivity index (χ1n) is 5.61. The zero-order chi connectivity index (χ0) is 14.7. The van der Waals surface area contributed by atoms with Crippen LogP contribution in [0.4, 0.5) is 8.78 Å². The summed E-state index contributed by atoms with van der Waals surface area (Å²) in [6.07, 6.45) is 1.16. The number of hydrogen-bond acceptors (Lipinski definition) is 4. The highest BCUT2D eigenvalue weighted by Crippen LogP contribution is 2.18. The van der Waals surface area contributed by atoms with Crippen molar-refractivity contribution in [2.24, 2.45) is 0 Å². The van der Waals surface area contributed by atoms with Gasteiger partial charge in [0, 0.05) is 12.3 Å². The van der Waals surface area contributed by atoms with Gasteiger partial charge in [0.05, 0.1) is 11.3 Å². The Morgan fingerprint density at radius 2 is 2.15 bits per heavy atom. The third-order valence-electron chi connectivity index (χ3n) is 2.51. The molecule has 0 fully saturated rings. The second-order valence-corrected chi connectivity index (χ2v) is 3.95. The number of hydrogen-bond donors (Lipinski definition) is 1. The van der Waals surface area contributed by atoms with E-state index in [9.17, 15) is 13.6 Å². The van der Waals surface area contributed by atoms with Gasteiger partial charge in [0.15, 0.2) is 17.4 Å². The number of carboxylic acids is 1. The molecule has 0 unspecified atom stereocenters. The molecule has 20 heavy (non-hydrogen) atoms. The van der Waals surface area contributed by atoms with E-state index in [1.165, 1.54) is 6.92 Å². The van der Waals surface area contributed by atoms with Crippen LogP contribution in [0.15, 0.2) is 24.4 Å². The second kappa shape index (κ2) is 5.60. The van der Waals surface area contributed by atoms with E-state index in [1.54, 1.807) is 0 Å². The van der Waals surface area contributed by atoms with E-state index in [1.807, 2.05) is 0 Å². The Bertz CT molecular complexity index is 662. The summed E-state index contributed by atoms with van der Waals surface area (Å²) in [6, 6.07) is 2.93. The third-order valence-corrected chi connectivity index (χ3v) is 2.51. The molecule has 1 heterocycles. The van der Waals surface area contributed by atoms with Crippen LogP contribution in [0.5, 0.6) is 5.75 Å². The van der Waals surface area contributed by atoms with Gasteiger partial charge in [-0.3, -0.25) is 0 Å². The smallest absolute Gasteiger partial charge is 0.339 e. The van der Waals surface area contributed by atoms with Crippen LogP contribution in [0.25, 0.3) is 0 Å². The lowest BCUT2D eigenvalue weighted by atomic mass is 10.2. The zero-order valence-corrected chi connectivity index (χ0v) is 10.4. The zero-order valence-electron chi connectivity index (χ0n) is 10.4. The molecular weight excluding hydrogens is 270 g/mol. The lowest BCUT2D eigenvalue weighted by Crippen LogP contribution is -2.08. The molecule has 0 atom stereocenters. The maximum absolute atomic E-state index is 13.3. The predicted octanol–water partition coefficient (Wildman–Crippen LogP) is 2.34. The van der Waals surface area contributed by atoms with E-state index in [-0.39, 0.29) is 29.4 Å². The summed E-state index contributed by atoms with van der Waals surface area (Å²) < 4.78 is 31.1. The largest absolute Gasteiger partial charge is 0.483 e. The number of benzene rings is 1. The van der Waals surface area contributed by atoms with Gasteiger partial charge < -0.3 is 9.84 Å². The summed E-state index contributed by atoms with van der Waals surface area (Å²) in [5, 5.41) is 8.83. The van der Waals surface area contributed by atoms with Gasteiger partial charge in [0.2, 0.25) is 0 Å². The summed E-state index contributed by atoms with van der Waals surface area (Å²) in [4.78, 5) is 18.5. The van der Waals surface area contributed by atoms with Crippen LogP contribution in [0.1, 0.15) is 21.9 Å². The van der Waals surface area contributed by atoms with Crippen molar-refractivity contribution in [3.63, 3.8) is 0 Å². The minimum absolute atomic E-state index is 0.0123. The van der Waals surface area contributed by atoms with E-state index in [0.29, 0.717) is 6.07 Å². The highest BCUT2D eigenvalue weighted by molar-refractivity contribution is 5.88.